The molecule has 7 heteroatoms. The topological polar surface area (TPSA) is 72.5 Å². The Hall–Kier alpha value is -2.29. The largest absolute Gasteiger partial charge is 0.460 e. The van der Waals surface area contributed by atoms with Crippen molar-refractivity contribution in [2.45, 2.75) is 6.61 Å². The first-order valence-electron chi connectivity index (χ1n) is 10.5. The molecule has 2 rings (SSSR count). The van der Waals surface area contributed by atoms with Crippen molar-refractivity contribution < 1.29 is 33.2 Å². The smallest absolute Gasteiger partial charge is 0.338 e. The minimum atomic E-state index is -0.346. The molecular weight excluding hydrogens is 400 g/mol. The van der Waals surface area contributed by atoms with Crippen LogP contribution in [0.15, 0.2) is 60.7 Å². The molecule has 0 fully saturated rings. The summed E-state index contributed by atoms with van der Waals surface area (Å²) in [7, 11) is 0. The van der Waals surface area contributed by atoms with E-state index >= 15 is 0 Å². The highest BCUT2D eigenvalue weighted by atomic mass is 16.6. The van der Waals surface area contributed by atoms with Gasteiger partial charge in [0.1, 0.15) is 6.61 Å². The molecule has 0 aliphatic heterocycles. The number of hydrogen-bond donors (Lipinski definition) is 0. The lowest BCUT2D eigenvalue weighted by Gasteiger charge is -2.08. The Morgan fingerprint density at radius 3 is 1.45 bits per heavy atom. The van der Waals surface area contributed by atoms with Crippen LogP contribution < -0.4 is 0 Å². The van der Waals surface area contributed by atoms with Gasteiger partial charge >= 0.3 is 5.97 Å². The molecule has 0 bridgehead atoms. The van der Waals surface area contributed by atoms with Gasteiger partial charge in [0, 0.05) is 0 Å². The maximum atomic E-state index is 11.7. The molecule has 0 aromatic heterocycles. The molecule has 0 amide bonds. The Labute approximate surface area is 184 Å². The van der Waals surface area contributed by atoms with Crippen LogP contribution in [0.5, 0.6) is 0 Å². The molecule has 7 nitrogen and oxygen atoms in total. The number of carbonyl (C=O) groups excluding carboxylic acids is 1. The van der Waals surface area contributed by atoms with Crippen molar-refractivity contribution in [2.75, 3.05) is 66.1 Å². The third-order valence-corrected chi connectivity index (χ3v) is 4.07. The van der Waals surface area contributed by atoms with Crippen molar-refractivity contribution >= 4 is 5.97 Å². The van der Waals surface area contributed by atoms with E-state index in [-0.39, 0.29) is 12.6 Å². The second kappa shape index (κ2) is 17.4. The Morgan fingerprint density at radius 1 is 0.516 bits per heavy atom. The van der Waals surface area contributed by atoms with Gasteiger partial charge in [-0.15, -0.1) is 0 Å². The zero-order valence-corrected chi connectivity index (χ0v) is 17.9. The van der Waals surface area contributed by atoms with Crippen LogP contribution in [-0.2, 0) is 35.0 Å². The Balaban J connectivity index is 1.26. The van der Waals surface area contributed by atoms with Crippen molar-refractivity contribution in [1.82, 2.24) is 0 Å². The van der Waals surface area contributed by atoms with Crippen molar-refractivity contribution in [2.24, 2.45) is 0 Å². The second-order valence-corrected chi connectivity index (χ2v) is 6.49. The summed E-state index contributed by atoms with van der Waals surface area (Å²) in [5.41, 5.74) is 1.69. The number of rotatable bonds is 18. The van der Waals surface area contributed by atoms with Crippen LogP contribution in [0.3, 0.4) is 0 Å². The van der Waals surface area contributed by atoms with E-state index in [1.54, 1.807) is 24.3 Å². The first-order chi connectivity index (χ1) is 15.4. The van der Waals surface area contributed by atoms with Crippen molar-refractivity contribution in [3.8, 4) is 0 Å². The van der Waals surface area contributed by atoms with Gasteiger partial charge in [0.2, 0.25) is 0 Å². The SMILES string of the molecule is O=C(OCCOCCOCCOCCOCCOCc1ccccc1)c1ccccc1. The quantitative estimate of drug-likeness (QED) is 0.265. The van der Waals surface area contributed by atoms with Crippen molar-refractivity contribution in [3.63, 3.8) is 0 Å². The highest BCUT2D eigenvalue weighted by molar-refractivity contribution is 5.89. The normalized spacial score (nSPS) is 10.8. The summed E-state index contributed by atoms with van der Waals surface area (Å²) in [6.07, 6.45) is 0. The van der Waals surface area contributed by atoms with E-state index < -0.39 is 0 Å². The molecule has 0 atom stereocenters. The third-order valence-electron chi connectivity index (χ3n) is 4.07. The highest BCUT2D eigenvalue weighted by Gasteiger charge is 2.04. The van der Waals surface area contributed by atoms with Gasteiger partial charge in [-0.2, -0.15) is 0 Å². The van der Waals surface area contributed by atoms with E-state index in [4.69, 9.17) is 28.4 Å². The van der Waals surface area contributed by atoms with Gasteiger partial charge in [-0.3, -0.25) is 0 Å². The maximum Gasteiger partial charge on any atom is 0.338 e. The molecule has 0 heterocycles. The van der Waals surface area contributed by atoms with E-state index in [0.717, 1.165) is 5.56 Å². The predicted molar refractivity (Wildman–Crippen MR) is 116 cm³/mol. The summed E-state index contributed by atoms with van der Waals surface area (Å²) < 4.78 is 32.3. The predicted octanol–water partition coefficient (Wildman–Crippen LogP) is 3.13. The average Bonchev–Trinajstić information content (AvgIpc) is 2.82. The van der Waals surface area contributed by atoms with Gasteiger partial charge < -0.3 is 28.4 Å². The summed E-state index contributed by atoms with van der Waals surface area (Å²) in [5, 5.41) is 0. The Morgan fingerprint density at radius 2 is 0.935 bits per heavy atom. The van der Waals surface area contributed by atoms with Crippen LogP contribution in [0.1, 0.15) is 15.9 Å². The van der Waals surface area contributed by atoms with E-state index in [9.17, 15) is 4.79 Å². The van der Waals surface area contributed by atoms with Crippen LogP contribution >= 0.6 is 0 Å². The number of benzene rings is 2. The lowest BCUT2D eigenvalue weighted by Crippen LogP contribution is -2.15. The van der Waals surface area contributed by atoms with Crippen LogP contribution in [0.4, 0.5) is 0 Å². The van der Waals surface area contributed by atoms with Gasteiger partial charge in [-0.05, 0) is 17.7 Å². The molecule has 0 aliphatic carbocycles. The van der Waals surface area contributed by atoms with E-state index in [2.05, 4.69) is 0 Å². The Bertz CT molecular complexity index is 679. The van der Waals surface area contributed by atoms with Crippen molar-refractivity contribution in [3.05, 3.63) is 71.8 Å². The molecule has 2 aromatic rings. The van der Waals surface area contributed by atoms with E-state index in [0.29, 0.717) is 71.6 Å². The van der Waals surface area contributed by atoms with Crippen LogP contribution in [0, 0.1) is 0 Å². The summed E-state index contributed by atoms with van der Waals surface area (Å²) in [4.78, 5) is 11.7. The molecule has 170 valence electrons. The molecule has 0 saturated heterocycles. The number of carbonyl (C=O) groups is 1. The molecule has 0 aliphatic rings. The molecule has 0 saturated carbocycles. The fourth-order valence-corrected chi connectivity index (χ4v) is 2.49. The molecule has 0 N–H and O–H groups in total. The fourth-order valence-electron chi connectivity index (χ4n) is 2.49. The standard InChI is InChI=1S/C24H32O7/c25-24(23-9-5-2-6-10-23)31-20-19-29-16-15-27-12-11-26-13-14-28-17-18-30-21-22-7-3-1-4-8-22/h1-10H,11-21H2. The van der Waals surface area contributed by atoms with Gasteiger partial charge in [-0.25, -0.2) is 4.79 Å². The van der Waals surface area contributed by atoms with Gasteiger partial charge in [-0.1, -0.05) is 48.5 Å². The summed E-state index contributed by atoms with van der Waals surface area (Å²) in [5.74, 6) is -0.346. The number of esters is 1. The first-order valence-corrected chi connectivity index (χ1v) is 10.5. The van der Waals surface area contributed by atoms with Crippen LogP contribution in [0.25, 0.3) is 0 Å². The van der Waals surface area contributed by atoms with Gasteiger partial charge in [0.15, 0.2) is 0 Å². The molecule has 2 aromatic carbocycles. The Kier molecular flexibility index (Phi) is 14.0. The molecule has 0 unspecified atom stereocenters. The first kappa shape index (κ1) is 25.0. The van der Waals surface area contributed by atoms with Gasteiger partial charge in [0.25, 0.3) is 0 Å². The van der Waals surface area contributed by atoms with E-state index in [1.807, 2.05) is 36.4 Å². The minimum absolute atomic E-state index is 0.216. The molecular formula is C24H32O7. The van der Waals surface area contributed by atoms with Crippen molar-refractivity contribution in [1.29, 1.82) is 0 Å². The highest BCUT2D eigenvalue weighted by Crippen LogP contribution is 2.01. The summed E-state index contributed by atoms with van der Waals surface area (Å²) in [6, 6.07) is 18.9. The second-order valence-electron chi connectivity index (χ2n) is 6.49. The molecule has 31 heavy (non-hydrogen) atoms. The number of hydrogen-bond acceptors (Lipinski definition) is 7. The lowest BCUT2D eigenvalue weighted by atomic mass is 10.2. The average molecular weight is 433 g/mol. The minimum Gasteiger partial charge on any atom is -0.460 e. The summed E-state index contributed by atoms with van der Waals surface area (Å²) in [6.45, 7) is 5.20. The van der Waals surface area contributed by atoms with E-state index in [1.165, 1.54) is 0 Å². The van der Waals surface area contributed by atoms with Gasteiger partial charge in [0.05, 0.1) is 71.6 Å². The number of ether oxygens (including phenoxy) is 6. The lowest BCUT2D eigenvalue weighted by molar-refractivity contribution is -0.0162. The fraction of sp³-hybridized carbons (Fsp3) is 0.458. The van der Waals surface area contributed by atoms with Crippen LogP contribution in [-0.4, -0.2) is 72.0 Å². The third kappa shape index (κ3) is 12.9. The zero-order chi connectivity index (χ0) is 21.8. The zero-order valence-electron chi connectivity index (χ0n) is 17.9. The van der Waals surface area contributed by atoms with Crippen LogP contribution in [0.2, 0.25) is 0 Å². The molecule has 0 radical (unpaired) electrons. The maximum absolute atomic E-state index is 11.7. The molecule has 0 spiro atoms. The monoisotopic (exact) mass is 432 g/mol. The summed E-state index contributed by atoms with van der Waals surface area (Å²) >= 11 is 0.